The SMILES string of the molecule is O=C(CN(c1cccc(Cl)c1Cl)S(=O)(=O)c1ccccc1)Nc1ccc(S(=O)(=O)N2CCCCC2)cc1. The van der Waals surface area contributed by atoms with Crippen molar-refractivity contribution in [3.63, 3.8) is 0 Å². The molecule has 196 valence electrons. The molecule has 1 aliphatic heterocycles. The molecule has 4 rings (SSSR count). The number of carbonyl (C=O) groups excluding carboxylic acids is 1. The van der Waals surface area contributed by atoms with Crippen molar-refractivity contribution in [1.82, 2.24) is 4.31 Å². The molecule has 0 aliphatic carbocycles. The van der Waals surface area contributed by atoms with Gasteiger partial charge in [-0.15, -0.1) is 0 Å². The molecule has 0 aromatic heterocycles. The number of hydrogen-bond donors (Lipinski definition) is 1. The van der Waals surface area contributed by atoms with Crippen LogP contribution in [-0.2, 0) is 24.8 Å². The number of benzene rings is 3. The number of halogens is 2. The van der Waals surface area contributed by atoms with E-state index >= 15 is 0 Å². The minimum absolute atomic E-state index is 0.0104. The van der Waals surface area contributed by atoms with Gasteiger partial charge in [-0.05, 0) is 61.4 Å². The Bertz CT molecular complexity index is 1480. The van der Waals surface area contributed by atoms with E-state index in [-0.39, 0.29) is 25.5 Å². The van der Waals surface area contributed by atoms with E-state index < -0.39 is 32.5 Å². The van der Waals surface area contributed by atoms with Gasteiger partial charge in [0.2, 0.25) is 15.9 Å². The molecule has 1 fully saturated rings. The average Bonchev–Trinajstić information content (AvgIpc) is 2.90. The molecule has 37 heavy (non-hydrogen) atoms. The number of amides is 1. The fraction of sp³-hybridized carbons (Fsp3) is 0.240. The highest BCUT2D eigenvalue weighted by Crippen LogP contribution is 2.35. The Balaban J connectivity index is 1.56. The van der Waals surface area contributed by atoms with Crippen LogP contribution in [-0.4, -0.2) is 46.7 Å². The zero-order valence-corrected chi connectivity index (χ0v) is 22.8. The van der Waals surface area contributed by atoms with Crippen LogP contribution in [0.15, 0.2) is 82.6 Å². The lowest BCUT2D eigenvalue weighted by Crippen LogP contribution is -2.38. The highest BCUT2D eigenvalue weighted by molar-refractivity contribution is 7.93. The van der Waals surface area contributed by atoms with Gasteiger partial charge in [-0.3, -0.25) is 9.10 Å². The van der Waals surface area contributed by atoms with Gasteiger partial charge in [-0.25, -0.2) is 16.8 Å². The van der Waals surface area contributed by atoms with Crippen molar-refractivity contribution in [2.24, 2.45) is 0 Å². The van der Waals surface area contributed by atoms with Crippen LogP contribution in [0.1, 0.15) is 19.3 Å². The highest BCUT2D eigenvalue weighted by Gasteiger charge is 2.30. The summed E-state index contributed by atoms with van der Waals surface area (Å²) >= 11 is 12.4. The molecule has 0 atom stereocenters. The standard InChI is InChI=1S/C25H25Cl2N3O5S2/c26-22-10-7-11-23(25(22)27)30(37(34,35)20-8-3-1-4-9-20)18-24(31)28-19-12-14-21(15-13-19)36(32,33)29-16-5-2-6-17-29/h1,3-4,7-15H,2,5-6,16-18H2,(H,28,31). The quantitative estimate of drug-likeness (QED) is 0.403. The maximum atomic E-state index is 13.5. The molecule has 0 unspecified atom stereocenters. The van der Waals surface area contributed by atoms with Gasteiger partial charge in [0.1, 0.15) is 6.54 Å². The van der Waals surface area contributed by atoms with Gasteiger partial charge in [0, 0.05) is 18.8 Å². The normalized spacial score (nSPS) is 14.8. The number of anilines is 2. The summed E-state index contributed by atoms with van der Waals surface area (Å²) in [6.45, 7) is 0.377. The lowest BCUT2D eigenvalue weighted by atomic mass is 10.2. The number of piperidine rings is 1. The molecular formula is C25H25Cl2N3O5S2. The van der Waals surface area contributed by atoms with Gasteiger partial charge in [-0.2, -0.15) is 4.31 Å². The van der Waals surface area contributed by atoms with Crippen LogP contribution in [0, 0.1) is 0 Å². The van der Waals surface area contributed by atoms with E-state index in [1.54, 1.807) is 18.2 Å². The molecule has 0 spiro atoms. The molecule has 1 amide bonds. The van der Waals surface area contributed by atoms with Crippen molar-refractivity contribution in [2.75, 3.05) is 29.3 Å². The summed E-state index contributed by atoms with van der Waals surface area (Å²) in [4.78, 5) is 13.1. The third-order valence-corrected chi connectivity index (χ3v) is 10.4. The van der Waals surface area contributed by atoms with Crippen LogP contribution in [0.2, 0.25) is 10.0 Å². The van der Waals surface area contributed by atoms with Gasteiger partial charge in [0.05, 0.1) is 25.5 Å². The molecular weight excluding hydrogens is 557 g/mol. The fourth-order valence-corrected chi connectivity index (χ4v) is 7.42. The lowest BCUT2D eigenvalue weighted by Gasteiger charge is -2.26. The summed E-state index contributed by atoms with van der Waals surface area (Å²) in [5.74, 6) is -0.651. The molecule has 0 bridgehead atoms. The van der Waals surface area contributed by atoms with Crippen LogP contribution in [0.4, 0.5) is 11.4 Å². The van der Waals surface area contributed by atoms with Crippen LogP contribution in [0.3, 0.4) is 0 Å². The van der Waals surface area contributed by atoms with Crippen molar-refractivity contribution in [1.29, 1.82) is 0 Å². The topological polar surface area (TPSA) is 104 Å². The first-order valence-electron chi connectivity index (χ1n) is 11.5. The first-order chi connectivity index (χ1) is 17.6. The van der Waals surface area contributed by atoms with E-state index in [9.17, 15) is 21.6 Å². The summed E-state index contributed by atoms with van der Waals surface area (Å²) in [5.41, 5.74) is 0.369. The Morgan fingerprint density at radius 3 is 2.11 bits per heavy atom. The summed E-state index contributed by atoms with van der Waals surface area (Å²) < 4.78 is 55.0. The zero-order valence-electron chi connectivity index (χ0n) is 19.7. The van der Waals surface area contributed by atoms with Gasteiger partial charge < -0.3 is 5.32 Å². The Morgan fingerprint density at radius 2 is 1.46 bits per heavy atom. The number of rotatable bonds is 8. The summed E-state index contributed by atoms with van der Waals surface area (Å²) in [7, 11) is -7.79. The number of nitrogens with one attached hydrogen (secondary N) is 1. The monoisotopic (exact) mass is 581 g/mol. The molecule has 0 saturated carbocycles. The summed E-state index contributed by atoms with van der Waals surface area (Å²) in [6, 6.07) is 18.0. The molecule has 8 nitrogen and oxygen atoms in total. The minimum atomic E-state index is -4.17. The second kappa shape index (κ2) is 11.4. The van der Waals surface area contributed by atoms with Crippen molar-refractivity contribution in [2.45, 2.75) is 29.1 Å². The number of carbonyl (C=O) groups is 1. The molecule has 1 heterocycles. The molecule has 1 saturated heterocycles. The second-order valence-corrected chi connectivity index (χ2v) is 13.0. The van der Waals surface area contributed by atoms with E-state index in [4.69, 9.17) is 23.2 Å². The van der Waals surface area contributed by atoms with E-state index in [2.05, 4.69) is 5.32 Å². The molecule has 1 aliphatic rings. The largest absolute Gasteiger partial charge is 0.325 e. The number of hydrogen-bond acceptors (Lipinski definition) is 5. The van der Waals surface area contributed by atoms with Gasteiger partial charge >= 0.3 is 0 Å². The van der Waals surface area contributed by atoms with Crippen molar-refractivity contribution < 1.29 is 21.6 Å². The number of sulfonamides is 2. The van der Waals surface area contributed by atoms with Crippen LogP contribution in [0.25, 0.3) is 0 Å². The maximum Gasteiger partial charge on any atom is 0.264 e. The highest BCUT2D eigenvalue weighted by atomic mass is 35.5. The third kappa shape index (κ3) is 6.10. The lowest BCUT2D eigenvalue weighted by molar-refractivity contribution is -0.114. The van der Waals surface area contributed by atoms with E-state index in [0.717, 1.165) is 23.6 Å². The van der Waals surface area contributed by atoms with E-state index in [0.29, 0.717) is 18.8 Å². The Morgan fingerprint density at radius 1 is 0.811 bits per heavy atom. The van der Waals surface area contributed by atoms with Crippen molar-refractivity contribution in [3.8, 4) is 0 Å². The fourth-order valence-electron chi connectivity index (χ4n) is 4.00. The second-order valence-electron chi connectivity index (χ2n) is 8.43. The van der Waals surface area contributed by atoms with Crippen molar-refractivity contribution >= 4 is 60.5 Å². The van der Waals surface area contributed by atoms with Gasteiger partial charge in [0.25, 0.3) is 10.0 Å². The Labute approximate surface area is 226 Å². The average molecular weight is 583 g/mol. The Hall–Kier alpha value is -2.63. The molecule has 0 radical (unpaired) electrons. The first-order valence-corrected chi connectivity index (χ1v) is 15.2. The predicted octanol–water partition coefficient (Wildman–Crippen LogP) is 5.00. The van der Waals surface area contributed by atoms with Crippen LogP contribution in [0.5, 0.6) is 0 Å². The third-order valence-electron chi connectivity index (χ3n) is 5.91. The van der Waals surface area contributed by atoms with Gasteiger partial charge in [-0.1, -0.05) is 53.9 Å². The number of nitrogens with zero attached hydrogens (tertiary/aromatic N) is 2. The molecule has 12 heteroatoms. The molecule has 3 aromatic rings. The van der Waals surface area contributed by atoms with Crippen LogP contribution >= 0.6 is 23.2 Å². The summed E-state index contributed by atoms with van der Waals surface area (Å²) in [6.07, 6.45) is 2.66. The smallest absolute Gasteiger partial charge is 0.264 e. The van der Waals surface area contributed by atoms with Gasteiger partial charge in [0.15, 0.2) is 0 Å². The van der Waals surface area contributed by atoms with E-state index in [1.807, 2.05) is 0 Å². The van der Waals surface area contributed by atoms with Crippen LogP contribution < -0.4 is 9.62 Å². The minimum Gasteiger partial charge on any atom is -0.325 e. The summed E-state index contributed by atoms with van der Waals surface area (Å²) in [5, 5.41) is 2.76. The zero-order chi connectivity index (χ0) is 26.6. The Kier molecular flexibility index (Phi) is 8.45. The predicted molar refractivity (Wildman–Crippen MR) is 145 cm³/mol. The van der Waals surface area contributed by atoms with Crippen molar-refractivity contribution in [3.05, 3.63) is 82.8 Å². The molecule has 3 aromatic carbocycles. The van der Waals surface area contributed by atoms with E-state index in [1.165, 1.54) is 58.9 Å². The first kappa shape index (κ1) is 27.4. The molecule has 1 N–H and O–H groups in total. The maximum absolute atomic E-state index is 13.5.